The second-order valence-corrected chi connectivity index (χ2v) is 6.51. The van der Waals surface area contributed by atoms with Gasteiger partial charge in [0.05, 0.1) is 6.33 Å². The molecule has 1 aromatic carbocycles. The van der Waals surface area contributed by atoms with Gasteiger partial charge in [-0.05, 0) is 40.1 Å². The quantitative estimate of drug-likeness (QED) is 0.560. The molecule has 2 aromatic heterocycles. The number of nitrogens with zero attached hydrogens (tertiary/aromatic N) is 2. The van der Waals surface area contributed by atoms with Gasteiger partial charge in [0.1, 0.15) is 6.54 Å². The first-order valence-electron chi connectivity index (χ1n) is 7.83. The number of benzene rings is 1. The lowest BCUT2D eigenvalue weighted by atomic mass is 10.1. The Morgan fingerprint density at radius 1 is 1.23 bits per heavy atom. The largest absolute Gasteiger partial charge is 0.356 e. The van der Waals surface area contributed by atoms with Gasteiger partial charge in [-0.2, -0.15) is 11.3 Å². The van der Waals surface area contributed by atoms with Crippen molar-refractivity contribution in [1.82, 2.24) is 14.9 Å². The molecule has 0 bridgehead atoms. The predicted molar refractivity (Wildman–Crippen MR) is 97.7 cm³/mol. The minimum absolute atomic E-state index is 0.0696. The van der Waals surface area contributed by atoms with E-state index >= 15 is 0 Å². The molecular formula is C17H15N5O3S. The Balaban J connectivity index is 1.44. The number of amides is 2. The lowest BCUT2D eigenvalue weighted by Gasteiger charge is -2.21. The molecular weight excluding hydrogens is 354 g/mol. The van der Waals surface area contributed by atoms with E-state index < -0.39 is 12.3 Å². The average Bonchev–Trinajstić information content (AvgIpc) is 3.26. The number of aromatic nitrogens is 2. The Kier molecular flexibility index (Phi) is 4.15. The number of carbonyl (C=O) groups excluding carboxylic acids is 2. The Hall–Kier alpha value is -3.17. The van der Waals surface area contributed by atoms with E-state index in [1.54, 1.807) is 11.3 Å². The van der Waals surface area contributed by atoms with Crippen LogP contribution in [0.25, 0.3) is 11.1 Å². The summed E-state index contributed by atoms with van der Waals surface area (Å²) in [6.45, 7) is -0.0696. The van der Waals surface area contributed by atoms with Crippen molar-refractivity contribution in [3.8, 4) is 11.1 Å². The van der Waals surface area contributed by atoms with E-state index in [1.165, 1.54) is 10.9 Å². The van der Waals surface area contributed by atoms with E-state index in [-0.39, 0.29) is 24.0 Å². The number of aliphatic hydroxyl groups excluding tert-OH is 1. The molecule has 0 radical (unpaired) electrons. The number of rotatable bonds is 4. The maximum absolute atomic E-state index is 12.3. The Morgan fingerprint density at radius 2 is 2.04 bits per heavy atom. The second kappa shape index (κ2) is 6.62. The Bertz CT molecular complexity index is 949. The van der Waals surface area contributed by atoms with Gasteiger partial charge in [-0.15, -0.1) is 0 Å². The smallest absolute Gasteiger partial charge is 0.275 e. The van der Waals surface area contributed by atoms with Gasteiger partial charge < -0.3 is 25.6 Å². The summed E-state index contributed by atoms with van der Waals surface area (Å²) in [7, 11) is 0. The molecule has 8 nitrogen and oxygen atoms in total. The lowest BCUT2D eigenvalue weighted by Crippen LogP contribution is -2.45. The van der Waals surface area contributed by atoms with Crippen LogP contribution in [-0.4, -0.2) is 32.8 Å². The van der Waals surface area contributed by atoms with Crippen LogP contribution >= 0.6 is 11.3 Å². The highest BCUT2D eigenvalue weighted by atomic mass is 32.1. The number of hydrogen-bond acceptors (Lipinski definition) is 6. The van der Waals surface area contributed by atoms with E-state index in [0.29, 0.717) is 5.69 Å². The summed E-state index contributed by atoms with van der Waals surface area (Å²) >= 11 is 1.63. The summed E-state index contributed by atoms with van der Waals surface area (Å²) in [4.78, 5) is 28.3. The van der Waals surface area contributed by atoms with Gasteiger partial charge in [0.2, 0.25) is 12.3 Å². The second-order valence-electron chi connectivity index (χ2n) is 5.73. The van der Waals surface area contributed by atoms with Gasteiger partial charge in [-0.1, -0.05) is 12.1 Å². The molecule has 4 N–H and O–H groups in total. The van der Waals surface area contributed by atoms with Crippen LogP contribution in [0.4, 0.5) is 11.5 Å². The highest BCUT2D eigenvalue weighted by Crippen LogP contribution is 2.23. The van der Waals surface area contributed by atoms with Crippen LogP contribution in [0.3, 0.4) is 0 Å². The van der Waals surface area contributed by atoms with Crippen molar-refractivity contribution in [2.45, 2.75) is 12.9 Å². The molecule has 1 aliphatic rings. The number of aliphatic hydroxyl groups is 1. The molecule has 26 heavy (non-hydrogen) atoms. The summed E-state index contributed by atoms with van der Waals surface area (Å²) in [6.07, 6.45) is 0.197. The summed E-state index contributed by atoms with van der Waals surface area (Å²) in [5.41, 5.74) is 3.09. The van der Waals surface area contributed by atoms with Crippen molar-refractivity contribution >= 4 is 34.7 Å². The third kappa shape index (κ3) is 3.17. The molecule has 9 heteroatoms. The van der Waals surface area contributed by atoms with Crippen LogP contribution in [0.5, 0.6) is 0 Å². The number of nitrogens with one attached hydrogen (secondary N) is 3. The minimum Gasteiger partial charge on any atom is -0.356 e. The third-order valence-electron chi connectivity index (χ3n) is 3.93. The normalized spacial score (nSPS) is 15.7. The molecule has 1 unspecified atom stereocenters. The number of hydrogen-bond donors (Lipinski definition) is 4. The van der Waals surface area contributed by atoms with Gasteiger partial charge in [-0.3, -0.25) is 9.59 Å². The zero-order valence-electron chi connectivity index (χ0n) is 13.5. The number of imidazole rings is 1. The zero-order valence-corrected chi connectivity index (χ0v) is 14.3. The topological polar surface area (TPSA) is 108 Å². The van der Waals surface area contributed by atoms with E-state index in [4.69, 9.17) is 0 Å². The van der Waals surface area contributed by atoms with Gasteiger partial charge in [0, 0.05) is 5.69 Å². The first-order chi connectivity index (χ1) is 12.6. The van der Waals surface area contributed by atoms with Crippen LogP contribution in [0.1, 0.15) is 10.5 Å². The zero-order chi connectivity index (χ0) is 18.1. The van der Waals surface area contributed by atoms with E-state index in [1.807, 2.05) is 35.7 Å². The lowest BCUT2D eigenvalue weighted by molar-refractivity contribution is -0.116. The van der Waals surface area contributed by atoms with E-state index in [2.05, 4.69) is 26.3 Å². The molecule has 4 rings (SSSR count). The van der Waals surface area contributed by atoms with Crippen molar-refractivity contribution in [1.29, 1.82) is 0 Å². The van der Waals surface area contributed by atoms with E-state index in [0.717, 1.165) is 11.1 Å². The fraction of sp³-hybridized carbons (Fsp3) is 0.118. The summed E-state index contributed by atoms with van der Waals surface area (Å²) in [5.74, 6) is -0.529. The monoisotopic (exact) mass is 369 g/mol. The molecule has 3 heterocycles. The van der Waals surface area contributed by atoms with Crippen LogP contribution in [0.15, 0.2) is 47.4 Å². The SMILES string of the molecule is O=C(Cn1cnc2c1C(=O)NC(O)N2)Nc1ccc(-c2ccsc2)cc1. The van der Waals surface area contributed by atoms with Crippen LogP contribution in [0, 0.1) is 0 Å². The summed E-state index contributed by atoms with van der Waals surface area (Å²) < 4.78 is 1.43. The molecule has 0 saturated carbocycles. The van der Waals surface area contributed by atoms with E-state index in [9.17, 15) is 14.7 Å². The van der Waals surface area contributed by atoms with Gasteiger partial charge >= 0.3 is 0 Å². The maximum atomic E-state index is 12.3. The van der Waals surface area contributed by atoms with Gasteiger partial charge in [0.15, 0.2) is 11.5 Å². The van der Waals surface area contributed by atoms with Crippen molar-refractivity contribution < 1.29 is 14.7 Å². The molecule has 1 atom stereocenters. The van der Waals surface area contributed by atoms with Crippen molar-refractivity contribution in [2.75, 3.05) is 10.6 Å². The number of fused-ring (bicyclic) bond motifs is 1. The fourth-order valence-electron chi connectivity index (χ4n) is 2.73. The fourth-order valence-corrected chi connectivity index (χ4v) is 3.40. The molecule has 0 saturated heterocycles. The Labute approximate surface area is 152 Å². The number of thiophene rings is 1. The summed E-state index contributed by atoms with van der Waals surface area (Å²) in [6, 6.07) is 9.58. The summed E-state index contributed by atoms with van der Waals surface area (Å²) in [5, 5.41) is 21.2. The standard InChI is InChI=1S/C17H15N5O3S/c23-13(7-22-9-18-15-14(22)16(24)21-17(25)20-15)19-12-3-1-10(2-4-12)11-5-6-26-8-11/h1-6,8-9,17,20,25H,7H2,(H,19,23)(H,21,24). The van der Waals surface area contributed by atoms with Gasteiger partial charge in [0.25, 0.3) is 5.91 Å². The van der Waals surface area contributed by atoms with Crippen LogP contribution < -0.4 is 16.0 Å². The molecule has 2 amide bonds. The number of anilines is 2. The third-order valence-corrected chi connectivity index (χ3v) is 4.61. The maximum Gasteiger partial charge on any atom is 0.275 e. The molecule has 0 aliphatic carbocycles. The molecule has 0 fully saturated rings. The minimum atomic E-state index is -1.19. The Morgan fingerprint density at radius 3 is 2.77 bits per heavy atom. The average molecular weight is 369 g/mol. The van der Waals surface area contributed by atoms with Crippen LogP contribution in [-0.2, 0) is 11.3 Å². The molecule has 3 aromatic rings. The highest BCUT2D eigenvalue weighted by Gasteiger charge is 2.27. The van der Waals surface area contributed by atoms with Crippen molar-refractivity contribution in [3.63, 3.8) is 0 Å². The molecule has 1 aliphatic heterocycles. The first kappa shape index (κ1) is 16.3. The van der Waals surface area contributed by atoms with Crippen molar-refractivity contribution in [2.24, 2.45) is 0 Å². The predicted octanol–water partition coefficient (Wildman–Crippen LogP) is 1.68. The molecule has 132 valence electrons. The highest BCUT2D eigenvalue weighted by molar-refractivity contribution is 7.08. The van der Waals surface area contributed by atoms with Crippen LogP contribution in [0.2, 0.25) is 0 Å². The van der Waals surface area contributed by atoms with Crippen molar-refractivity contribution in [3.05, 3.63) is 53.1 Å². The molecule has 0 spiro atoms. The number of carbonyl (C=O) groups is 2. The first-order valence-corrected chi connectivity index (χ1v) is 8.77. The van der Waals surface area contributed by atoms with Gasteiger partial charge in [-0.25, -0.2) is 4.98 Å².